The minimum atomic E-state index is 0.264. The van der Waals surface area contributed by atoms with Gasteiger partial charge in [0.25, 0.3) is 0 Å². The molecule has 3 heteroatoms. The van der Waals surface area contributed by atoms with Gasteiger partial charge in [-0.3, -0.25) is 0 Å². The number of nitrogens with zero attached hydrogens (tertiary/aromatic N) is 1. The molecule has 2 rings (SSSR count). The van der Waals surface area contributed by atoms with Crippen molar-refractivity contribution in [2.75, 3.05) is 11.9 Å². The normalized spacial score (nSPS) is 24.8. The largest absolute Gasteiger partial charge is 0.380 e. The first kappa shape index (κ1) is 10.0. The van der Waals surface area contributed by atoms with Gasteiger partial charge in [0, 0.05) is 12.3 Å². The Kier molecular flexibility index (Phi) is 2.89. The molecular weight excluding hydrogens is 188 g/mol. The van der Waals surface area contributed by atoms with Crippen LogP contribution in [0.1, 0.15) is 18.9 Å². The van der Waals surface area contributed by atoms with Crippen molar-refractivity contribution < 1.29 is 4.74 Å². The molecule has 1 N–H and O–H groups in total. The van der Waals surface area contributed by atoms with Gasteiger partial charge < -0.3 is 10.1 Å². The van der Waals surface area contributed by atoms with E-state index in [4.69, 9.17) is 10.00 Å². The van der Waals surface area contributed by atoms with E-state index in [9.17, 15) is 0 Å². The molecule has 1 saturated heterocycles. The van der Waals surface area contributed by atoms with Gasteiger partial charge in [0.1, 0.15) is 0 Å². The van der Waals surface area contributed by atoms with E-state index in [0.717, 1.165) is 18.7 Å². The summed E-state index contributed by atoms with van der Waals surface area (Å²) in [5.41, 5.74) is 1.74. The number of nitriles is 1. The zero-order chi connectivity index (χ0) is 10.7. The second-order valence-corrected chi connectivity index (χ2v) is 3.80. The van der Waals surface area contributed by atoms with E-state index < -0.39 is 0 Å². The SMILES string of the molecule is CC1OCCC1Nc1ccc(C#N)cc1. The lowest BCUT2D eigenvalue weighted by atomic mass is 10.1. The molecule has 0 radical (unpaired) electrons. The van der Waals surface area contributed by atoms with Crippen molar-refractivity contribution in [3.8, 4) is 6.07 Å². The lowest BCUT2D eigenvalue weighted by molar-refractivity contribution is 0.121. The fraction of sp³-hybridized carbons (Fsp3) is 0.417. The Labute approximate surface area is 89.7 Å². The molecule has 0 amide bonds. The summed E-state index contributed by atoms with van der Waals surface area (Å²) in [5, 5.41) is 12.1. The number of ether oxygens (including phenoxy) is 1. The maximum Gasteiger partial charge on any atom is 0.0991 e. The first-order chi connectivity index (χ1) is 7.29. The lowest BCUT2D eigenvalue weighted by Crippen LogP contribution is -2.26. The Morgan fingerprint density at radius 3 is 2.67 bits per heavy atom. The Morgan fingerprint density at radius 1 is 1.40 bits per heavy atom. The van der Waals surface area contributed by atoms with Gasteiger partial charge in [-0.1, -0.05) is 0 Å². The van der Waals surface area contributed by atoms with Gasteiger partial charge in [-0.2, -0.15) is 5.26 Å². The van der Waals surface area contributed by atoms with Crippen LogP contribution in [0, 0.1) is 11.3 Å². The van der Waals surface area contributed by atoms with E-state index in [-0.39, 0.29) is 6.10 Å². The summed E-state index contributed by atoms with van der Waals surface area (Å²) in [7, 11) is 0. The van der Waals surface area contributed by atoms with Gasteiger partial charge in [-0.25, -0.2) is 0 Å². The summed E-state index contributed by atoms with van der Waals surface area (Å²) in [6.45, 7) is 2.91. The topological polar surface area (TPSA) is 45.0 Å². The van der Waals surface area contributed by atoms with Gasteiger partial charge in [0.2, 0.25) is 0 Å². The Hall–Kier alpha value is -1.53. The van der Waals surface area contributed by atoms with Gasteiger partial charge in [-0.15, -0.1) is 0 Å². The number of rotatable bonds is 2. The molecule has 0 aliphatic carbocycles. The number of hydrogen-bond acceptors (Lipinski definition) is 3. The smallest absolute Gasteiger partial charge is 0.0991 e. The van der Waals surface area contributed by atoms with Crippen LogP contribution >= 0.6 is 0 Å². The second kappa shape index (κ2) is 4.33. The van der Waals surface area contributed by atoms with E-state index in [1.807, 2.05) is 24.3 Å². The standard InChI is InChI=1S/C12H14N2O/c1-9-12(6-7-15-9)14-11-4-2-10(8-13)3-5-11/h2-5,9,12,14H,6-7H2,1H3. The van der Waals surface area contributed by atoms with Crippen molar-refractivity contribution in [2.24, 2.45) is 0 Å². The highest BCUT2D eigenvalue weighted by atomic mass is 16.5. The van der Waals surface area contributed by atoms with Crippen molar-refractivity contribution in [1.82, 2.24) is 0 Å². The molecule has 0 bridgehead atoms. The summed E-state index contributed by atoms with van der Waals surface area (Å²) < 4.78 is 5.47. The monoisotopic (exact) mass is 202 g/mol. The molecule has 1 aliphatic heterocycles. The Balaban J connectivity index is 2.02. The number of hydrogen-bond donors (Lipinski definition) is 1. The van der Waals surface area contributed by atoms with Gasteiger partial charge in [0.15, 0.2) is 0 Å². The molecule has 0 spiro atoms. The first-order valence-corrected chi connectivity index (χ1v) is 5.18. The summed E-state index contributed by atoms with van der Waals surface area (Å²) in [6, 6.07) is 10.0. The van der Waals surface area contributed by atoms with Crippen molar-refractivity contribution in [3.63, 3.8) is 0 Å². The van der Waals surface area contributed by atoms with E-state index in [0.29, 0.717) is 11.6 Å². The van der Waals surface area contributed by atoms with Crippen LogP contribution in [0.5, 0.6) is 0 Å². The molecule has 0 saturated carbocycles. The highest BCUT2D eigenvalue weighted by Gasteiger charge is 2.23. The van der Waals surface area contributed by atoms with Gasteiger partial charge in [-0.05, 0) is 37.6 Å². The number of benzene rings is 1. The third-order valence-corrected chi connectivity index (χ3v) is 2.74. The van der Waals surface area contributed by atoms with Crippen LogP contribution in [0.15, 0.2) is 24.3 Å². The highest BCUT2D eigenvalue weighted by Crippen LogP contribution is 2.18. The predicted molar refractivity (Wildman–Crippen MR) is 58.6 cm³/mol. The molecule has 2 unspecified atom stereocenters. The molecule has 15 heavy (non-hydrogen) atoms. The van der Waals surface area contributed by atoms with Gasteiger partial charge in [0.05, 0.1) is 23.8 Å². The zero-order valence-electron chi connectivity index (χ0n) is 8.73. The minimum absolute atomic E-state index is 0.264. The van der Waals surface area contributed by atoms with Crippen LogP contribution in [-0.2, 0) is 4.74 Å². The summed E-state index contributed by atoms with van der Waals surface area (Å²) in [5.74, 6) is 0. The minimum Gasteiger partial charge on any atom is -0.380 e. The fourth-order valence-electron chi connectivity index (χ4n) is 1.78. The summed E-state index contributed by atoms with van der Waals surface area (Å²) in [6.07, 6.45) is 1.31. The van der Waals surface area contributed by atoms with E-state index in [1.165, 1.54) is 0 Å². The molecule has 2 atom stereocenters. The van der Waals surface area contributed by atoms with Crippen molar-refractivity contribution >= 4 is 5.69 Å². The third-order valence-electron chi connectivity index (χ3n) is 2.74. The maximum absolute atomic E-state index is 8.66. The molecule has 1 aliphatic rings. The molecule has 3 nitrogen and oxygen atoms in total. The number of nitrogens with one attached hydrogen (secondary N) is 1. The number of anilines is 1. The molecule has 78 valence electrons. The fourth-order valence-corrected chi connectivity index (χ4v) is 1.78. The molecule has 0 aromatic heterocycles. The van der Waals surface area contributed by atoms with Crippen molar-refractivity contribution in [2.45, 2.75) is 25.5 Å². The van der Waals surface area contributed by atoms with Crippen LogP contribution in [0.25, 0.3) is 0 Å². The Bertz CT molecular complexity index is 366. The van der Waals surface area contributed by atoms with Crippen molar-refractivity contribution in [3.05, 3.63) is 29.8 Å². The van der Waals surface area contributed by atoms with Crippen LogP contribution < -0.4 is 5.32 Å². The maximum atomic E-state index is 8.66. The first-order valence-electron chi connectivity index (χ1n) is 5.18. The molecule has 1 heterocycles. The lowest BCUT2D eigenvalue weighted by Gasteiger charge is -2.17. The average molecular weight is 202 g/mol. The summed E-state index contributed by atoms with van der Waals surface area (Å²) in [4.78, 5) is 0. The highest BCUT2D eigenvalue weighted by molar-refractivity contribution is 5.48. The van der Waals surface area contributed by atoms with Crippen LogP contribution in [-0.4, -0.2) is 18.8 Å². The average Bonchev–Trinajstić information content (AvgIpc) is 2.66. The van der Waals surface area contributed by atoms with Crippen LogP contribution in [0.3, 0.4) is 0 Å². The molecule has 1 aromatic rings. The van der Waals surface area contributed by atoms with E-state index >= 15 is 0 Å². The van der Waals surface area contributed by atoms with Gasteiger partial charge >= 0.3 is 0 Å². The van der Waals surface area contributed by atoms with Crippen LogP contribution in [0.4, 0.5) is 5.69 Å². The second-order valence-electron chi connectivity index (χ2n) is 3.80. The van der Waals surface area contributed by atoms with E-state index in [1.54, 1.807) is 0 Å². The molecular formula is C12H14N2O. The third kappa shape index (κ3) is 2.28. The summed E-state index contributed by atoms with van der Waals surface area (Å²) >= 11 is 0. The molecule has 1 aromatic carbocycles. The quantitative estimate of drug-likeness (QED) is 0.799. The van der Waals surface area contributed by atoms with Crippen LogP contribution in [0.2, 0.25) is 0 Å². The van der Waals surface area contributed by atoms with Crippen molar-refractivity contribution in [1.29, 1.82) is 5.26 Å². The predicted octanol–water partition coefficient (Wildman–Crippen LogP) is 2.15. The zero-order valence-corrected chi connectivity index (χ0v) is 8.73. The van der Waals surface area contributed by atoms with E-state index in [2.05, 4.69) is 18.3 Å². The molecule has 1 fully saturated rings. The Morgan fingerprint density at radius 2 is 2.13 bits per heavy atom.